The molecule has 1 heterocycles. The second-order valence-corrected chi connectivity index (χ2v) is 6.49. The van der Waals surface area contributed by atoms with Crippen LogP contribution in [-0.4, -0.2) is 29.9 Å². The molecule has 3 N–H and O–H groups in total. The van der Waals surface area contributed by atoms with Gasteiger partial charge >= 0.3 is 0 Å². The van der Waals surface area contributed by atoms with E-state index in [0.717, 1.165) is 5.39 Å². The number of carbonyl (C=O) groups excluding carboxylic acids is 2. The summed E-state index contributed by atoms with van der Waals surface area (Å²) >= 11 is 5.84. The Morgan fingerprint density at radius 2 is 1.81 bits per heavy atom. The Hall–Kier alpha value is -3.12. The van der Waals surface area contributed by atoms with Gasteiger partial charge in [-0.25, -0.2) is 0 Å². The number of fused-ring (bicyclic) bond motifs is 1. The van der Waals surface area contributed by atoms with Crippen molar-refractivity contribution in [3.05, 3.63) is 81.1 Å². The molecule has 0 bridgehead atoms. The number of aromatic amines is 1. The van der Waals surface area contributed by atoms with Gasteiger partial charge in [0.15, 0.2) is 0 Å². The maximum Gasteiger partial charge on any atom is 0.251 e. The lowest BCUT2D eigenvalue weighted by molar-refractivity contribution is -0.122. The molecule has 0 radical (unpaired) electrons. The number of rotatable bonds is 5. The van der Waals surface area contributed by atoms with Crippen molar-refractivity contribution in [1.29, 1.82) is 0 Å². The summed E-state index contributed by atoms with van der Waals surface area (Å²) in [5.41, 5.74) is 1.49. The van der Waals surface area contributed by atoms with Crippen molar-refractivity contribution in [1.82, 2.24) is 15.6 Å². The number of H-pyrrole nitrogens is 1. The first-order valence-electron chi connectivity index (χ1n) is 8.37. The van der Waals surface area contributed by atoms with Crippen molar-refractivity contribution in [2.75, 3.05) is 7.05 Å². The predicted molar refractivity (Wildman–Crippen MR) is 105 cm³/mol. The molecule has 3 aromatic rings. The van der Waals surface area contributed by atoms with Gasteiger partial charge in [-0.05, 0) is 35.9 Å². The normalized spacial score (nSPS) is 11.8. The number of halogens is 1. The van der Waals surface area contributed by atoms with Gasteiger partial charge < -0.3 is 15.6 Å². The standard InChI is InChI=1S/C20H18ClN3O3/c1-22-20(27)17(24-19(26)12-6-8-14(21)9-7-12)10-13-11-18(25)23-16-5-3-2-4-15(13)16/h2-9,11,17H,10H2,1H3,(H,22,27)(H,23,25)(H,24,26). The number of aromatic nitrogens is 1. The molecule has 138 valence electrons. The summed E-state index contributed by atoms with van der Waals surface area (Å²) in [6, 6.07) is 14.3. The van der Waals surface area contributed by atoms with Crippen molar-refractivity contribution < 1.29 is 9.59 Å². The van der Waals surface area contributed by atoms with E-state index >= 15 is 0 Å². The maximum absolute atomic E-state index is 12.5. The Kier molecular flexibility index (Phi) is 5.57. The number of nitrogens with one attached hydrogen (secondary N) is 3. The number of benzene rings is 2. The van der Waals surface area contributed by atoms with Crippen molar-refractivity contribution in [3.63, 3.8) is 0 Å². The summed E-state index contributed by atoms with van der Waals surface area (Å²) < 4.78 is 0. The monoisotopic (exact) mass is 383 g/mol. The quantitative estimate of drug-likeness (QED) is 0.631. The molecule has 7 heteroatoms. The van der Waals surface area contributed by atoms with Crippen LogP contribution in [0.2, 0.25) is 5.02 Å². The molecule has 0 aliphatic rings. The van der Waals surface area contributed by atoms with Crippen molar-refractivity contribution in [3.8, 4) is 0 Å². The molecule has 3 rings (SSSR count). The van der Waals surface area contributed by atoms with E-state index in [2.05, 4.69) is 15.6 Å². The number of likely N-dealkylation sites (N-methyl/N-ethyl adjacent to an activating group) is 1. The van der Waals surface area contributed by atoms with Crippen LogP contribution >= 0.6 is 11.6 Å². The average Bonchev–Trinajstić information content (AvgIpc) is 2.67. The van der Waals surface area contributed by atoms with Crippen LogP contribution in [0.15, 0.2) is 59.4 Å². The van der Waals surface area contributed by atoms with Crippen molar-refractivity contribution in [2.45, 2.75) is 12.5 Å². The lowest BCUT2D eigenvalue weighted by Crippen LogP contribution is -2.47. The van der Waals surface area contributed by atoms with Crippen LogP contribution < -0.4 is 16.2 Å². The zero-order valence-corrected chi connectivity index (χ0v) is 15.3. The minimum absolute atomic E-state index is 0.184. The van der Waals surface area contributed by atoms with E-state index in [1.54, 1.807) is 30.3 Å². The Balaban J connectivity index is 1.90. The lowest BCUT2D eigenvalue weighted by Gasteiger charge is -2.18. The van der Waals surface area contributed by atoms with Crippen LogP contribution in [0.3, 0.4) is 0 Å². The van der Waals surface area contributed by atoms with E-state index in [0.29, 0.717) is 21.7 Å². The number of amides is 2. The van der Waals surface area contributed by atoms with Crippen molar-refractivity contribution >= 4 is 34.3 Å². The van der Waals surface area contributed by atoms with Gasteiger partial charge in [0.2, 0.25) is 11.5 Å². The minimum atomic E-state index is -0.830. The maximum atomic E-state index is 12.5. The Morgan fingerprint density at radius 1 is 1.11 bits per heavy atom. The third-order valence-corrected chi connectivity index (χ3v) is 4.49. The fraction of sp³-hybridized carbons (Fsp3) is 0.150. The molecule has 0 aliphatic heterocycles. The third-order valence-electron chi connectivity index (χ3n) is 4.23. The van der Waals surface area contributed by atoms with E-state index in [1.807, 2.05) is 18.2 Å². The van der Waals surface area contributed by atoms with Gasteiger partial charge in [0.25, 0.3) is 5.91 Å². The zero-order valence-electron chi connectivity index (χ0n) is 14.6. The molecule has 1 atom stereocenters. The van der Waals surface area contributed by atoms with Crippen LogP contribution in [0, 0.1) is 0 Å². The summed E-state index contributed by atoms with van der Waals surface area (Å²) in [6.45, 7) is 0. The SMILES string of the molecule is CNC(=O)C(Cc1cc(=O)[nH]c2ccccc12)NC(=O)c1ccc(Cl)cc1. The first-order chi connectivity index (χ1) is 13.0. The van der Waals surface area contributed by atoms with Gasteiger partial charge in [0.1, 0.15) is 6.04 Å². The molecule has 0 saturated carbocycles. The molecule has 0 spiro atoms. The van der Waals surface area contributed by atoms with Gasteiger partial charge in [-0.1, -0.05) is 29.8 Å². The molecule has 27 heavy (non-hydrogen) atoms. The highest BCUT2D eigenvalue weighted by Crippen LogP contribution is 2.17. The van der Waals surface area contributed by atoms with Crippen molar-refractivity contribution in [2.24, 2.45) is 0 Å². The second kappa shape index (κ2) is 8.05. The molecule has 0 aliphatic carbocycles. The molecule has 2 aromatic carbocycles. The smallest absolute Gasteiger partial charge is 0.251 e. The fourth-order valence-electron chi connectivity index (χ4n) is 2.89. The molecular weight excluding hydrogens is 366 g/mol. The Morgan fingerprint density at radius 3 is 2.52 bits per heavy atom. The number of hydrogen-bond acceptors (Lipinski definition) is 3. The summed E-state index contributed by atoms with van der Waals surface area (Å²) in [7, 11) is 1.50. The highest BCUT2D eigenvalue weighted by Gasteiger charge is 2.22. The Bertz CT molecular complexity index is 1040. The van der Waals surface area contributed by atoms with Crippen LogP contribution in [0.4, 0.5) is 0 Å². The van der Waals surface area contributed by atoms with E-state index in [9.17, 15) is 14.4 Å². The average molecular weight is 384 g/mol. The molecule has 2 amide bonds. The summed E-state index contributed by atoms with van der Waals surface area (Å²) in [5.74, 6) is -0.740. The van der Waals surface area contributed by atoms with Crippen LogP contribution in [0.1, 0.15) is 15.9 Å². The van der Waals surface area contributed by atoms with Crippen LogP contribution in [0.25, 0.3) is 10.9 Å². The van der Waals surface area contributed by atoms with E-state index in [1.165, 1.54) is 13.1 Å². The lowest BCUT2D eigenvalue weighted by atomic mass is 10.0. The topological polar surface area (TPSA) is 91.1 Å². The molecule has 0 fully saturated rings. The number of hydrogen-bond donors (Lipinski definition) is 3. The highest BCUT2D eigenvalue weighted by atomic mass is 35.5. The molecule has 6 nitrogen and oxygen atoms in total. The minimum Gasteiger partial charge on any atom is -0.357 e. The number of carbonyl (C=O) groups is 2. The van der Waals surface area contributed by atoms with Gasteiger partial charge in [0, 0.05) is 41.0 Å². The predicted octanol–water partition coefficient (Wildman–Crippen LogP) is 2.27. The van der Waals surface area contributed by atoms with E-state index in [4.69, 9.17) is 11.6 Å². The third kappa shape index (κ3) is 4.35. The zero-order chi connectivity index (χ0) is 19.4. The largest absolute Gasteiger partial charge is 0.357 e. The van der Waals surface area contributed by atoms with Gasteiger partial charge in [-0.3, -0.25) is 14.4 Å². The van der Waals surface area contributed by atoms with Gasteiger partial charge in [-0.15, -0.1) is 0 Å². The first kappa shape index (κ1) is 18.7. The molecule has 1 aromatic heterocycles. The summed E-state index contributed by atoms with van der Waals surface area (Å²) in [4.78, 5) is 39.5. The molecule has 1 unspecified atom stereocenters. The first-order valence-corrected chi connectivity index (χ1v) is 8.74. The second-order valence-electron chi connectivity index (χ2n) is 6.06. The molecule has 0 saturated heterocycles. The van der Waals surface area contributed by atoms with Crippen LogP contribution in [0.5, 0.6) is 0 Å². The highest BCUT2D eigenvalue weighted by molar-refractivity contribution is 6.30. The molecular formula is C20H18ClN3O3. The Labute approximate surface area is 160 Å². The summed E-state index contributed by atoms with van der Waals surface area (Å²) in [5, 5.41) is 6.63. The number of para-hydroxylation sites is 1. The van der Waals surface area contributed by atoms with E-state index < -0.39 is 11.9 Å². The van der Waals surface area contributed by atoms with Crippen LogP contribution in [-0.2, 0) is 11.2 Å². The number of pyridine rings is 1. The summed E-state index contributed by atoms with van der Waals surface area (Å²) in [6.07, 6.45) is 0.184. The van der Waals surface area contributed by atoms with Gasteiger partial charge in [0.05, 0.1) is 0 Å². The fourth-order valence-corrected chi connectivity index (χ4v) is 3.02. The van der Waals surface area contributed by atoms with E-state index in [-0.39, 0.29) is 17.9 Å². The van der Waals surface area contributed by atoms with Gasteiger partial charge in [-0.2, -0.15) is 0 Å².